The maximum atomic E-state index is 12.1. The van der Waals surface area contributed by atoms with Crippen molar-refractivity contribution >= 4 is 34.0 Å². The lowest BCUT2D eigenvalue weighted by Crippen LogP contribution is -2.12. The highest BCUT2D eigenvalue weighted by Crippen LogP contribution is 2.26. The second kappa shape index (κ2) is 9.80. The first-order chi connectivity index (χ1) is 13.6. The van der Waals surface area contributed by atoms with E-state index < -0.39 is 0 Å². The van der Waals surface area contributed by atoms with Crippen LogP contribution in [-0.2, 0) is 16.0 Å². The third kappa shape index (κ3) is 5.76. The molecule has 0 aliphatic carbocycles. The fourth-order valence-corrected chi connectivity index (χ4v) is 3.46. The second-order valence-corrected chi connectivity index (χ2v) is 7.31. The van der Waals surface area contributed by atoms with Crippen LogP contribution >= 0.6 is 11.3 Å². The molecule has 0 atom stereocenters. The number of nitrogens with zero attached hydrogens (tertiary/aromatic N) is 1. The van der Waals surface area contributed by atoms with Crippen LogP contribution in [0.25, 0.3) is 11.3 Å². The van der Waals surface area contributed by atoms with Crippen molar-refractivity contribution in [2.75, 3.05) is 10.6 Å². The van der Waals surface area contributed by atoms with Crippen LogP contribution in [0.5, 0.6) is 0 Å². The Labute approximate surface area is 168 Å². The van der Waals surface area contributed by atoms with Gasteiger partial charge in [0, 0.05) is 29.5 Å². The van der Waals surface area contributed by atoms with Crippen LogP contribution in [0.15, 0.2) is 60.0 Å². The Morgan fingerprint density at radius 2 is 1.64 bits per heavy atom. The molecule has 28 heavy (non-hydrogen) atoms. The molecule has 1 aromatic heterocycles. The monoisotopic (exact) mass is 393 g/mol. The number of aryl methyl sites for hydroxylation is 1. The standard InChI is InChI=1S/C22H23N3O2S/c1-2-6-20(26)23-18-12-10-17(11-13-18)19-15-28-22(24-19)25-21(27)14-9-16-7-4-3-5-8-16/h3-5,7-8,10-13,15H,2,6,9,14H2,1H3,(H,23,26)(H,24,25,27). The van der Waals surface area contributed by atoms with E-state index in [0.29, 0.717) is 24.4 Å². The molecular weight excluding hydrogens is 370 g/mol. The van der Waals surface area contributed by atoms with Crippen molar-refractivity contribution in [1.29, 1.82) is 0 Å². The van der Waals surface area contributed by atoms with E-state index in [4.69, 9.17) is 0 Å². The summed E-state index contributed by atoms with van der Waals surface area (Å²) in [5, 5.41) is 8.24. The number of anilines is 2. The summed E-state index contributed by atoms with van der Waals surface area (Å²) in [6.07, 6.45) is 2.46. The first-order valence-electron chi connectivity index (χ1n) is 9.33. The van der Waals surface area contributed by atoms with E-state index in [9.17, 15) is 9.59 Å². The number of hydrogen-bond acceptors (Lipinski definition) is 4. The van der Waals surface area contributed by atoms with Crippen LogP contribution in [0.2, 0.25) is 0 Å². The summed E-state index contributed by atoms with van der Waals surface area (Å²) in [6, 6.07) is 17.5. The Bertz CT molecular complexity index is 920. The van der Waals surface area contributed by atoms with Crippen molar-refractivity contribution in [2.45, 2.75) is 32.6 Å². The Morgan fingerprint density at radius 1 is 0.929 bits per heavy atom. The summed E-state index contributed by atoms with van der Waals surface area (Å²) in [4.78, 5) is 28.3. The predicted molar refractivity (Wildman–Crippen MR) is 114 cm³/mol. The average molecular weight is 394 g/mol. The van der Waals surface area contributed by atoms with Crippen molar-refractivity contribution in [2.24, 2.45) is 0 Å². The summed E-state index contributed by atoms with van der Waals surface area (Å²) in [5.41, 5.74) is 3.65. The van der Waals surface area contributed by atoms with E-state index in [1.807, 2.05) is 66.9 Å². The van der Waals surface area contributed by atoms with Gasteiger partial charge in [-0.05, 0) is 30.5 Å². The van der Waals surface area contributed by atoms with Gasteiger partial charge < -0.3 is 10.6 Å². The van der Waals surface area contributed by atoms with Crippen LogP contribution < -0.4 is 10.6 Å². The van der Waals surface area contributed by atoms with Crippen molar-refractivity contribution < 1.29 is 9.59 Å². The predicted octanol–water partition coefficient (Wildman–Crippen LogP) is 5.12. The van der Waals surface area contributed by atoms with Gasteiger partial charge in [0.25, 0.3) is 0 Å². The first kappa shape index (κ1) is 19.8. The maximum absolute atomic E-state index is 12.1. The van der Waals surface area contributed by atoms with Crippen LogP contribution in [0.4, 0.5) is 10.8 Å². The van der Waals surface area contributed by atoms with Gasteiger partial charge in [-0.2, -0.15) is 0 Å². The van der Waals surface area contributed by atoms with Crippen LogP contribution in [0, 0.1) is 0 Å². The molecule has 0 fully saturated rings. The minimum absolute atomic E-state index is 0.0180. The number of benzene rings is 2. The number of nitrogens with one attached hydrogen (secondary N) is 2. The van der Waals surface area contributed by atoms with Crippen molar-refractivity contribution in [3.05, 3.63) is 65.5 Å². The molecule has 3 rings (SSSR count). The summed E-state index contributed by atoms with van der Waals surface area (Å²) < 4.78 is 0. The molecule has 144 valence electrons. The summed E-state index contributed by atoms with van der Waals surface area (Å²) >= 11 is 1.40. The number of amides is 2. The molecule has 0 radical (unpaired) electrons. The topological polar surface area (TPSA) is 71.1 Å². The molecule has 0 saturated carbocycles. The summed E-state index contributed by atoms with van der Waals surface area (Å²) in [7, 11) is 0. The molecule has 0 aliphatic heterocycles. The molecule has 0 bridgehead atoms. The molecule has 2 N–H and O–H groups in total. The van der Waals surface area contributed by atoms with Gasteiger partial charge in [0.15, 0.2) is 5.13 Å². The number of hydrogen-bond donors (Lipinski definition) is 2. The minimum atomic E-state index is -0.0428. The number of aromatic nitrogens is 1. The molecule has 5 nitrogen and oxygen atoms in total. The van der Waals surface area contributed by atoms with Gasteiger partial charge in [-0.1, -0.05) is 49.4 Å². The second-order valence-electron chi connectivity index (χ2n) is 6.45. The van der Waals surface area contributed by atoms with E-state index in [0.717, 1.165) is 28.9 Å². The minimum Gasteiger partial charge on any atom is -0.326 e. The number of thiazole rings is 1. The van der Waals surface area contributed by atoms with Gasteiger partial charge in [0.2, 0.25) is 11.8 Å². The molecule has 2 amide bonds. The fourth-order valence-electron chi connectivity index (χ4n) is 2.72. The molecule has 0 spiro atoms. The van der Waals surface area contributed by atoms with Crippen LogP contribution in [0.1, 0.15) is 31.7 Å². The largest absolute Gasteiger partial charge is 0.326 e. The van der Waals surface area contributed by atoms with Gasteiger partial charge in [-0.15, -0.1) is 11.3 Å². The zero-order valence-corrected chi connectivity index (χ0v) is 16.6. The summed E-state index contributed by atoms with van der Waals surface area (Å²) in [5.74, 6) is -0.0249. The van der Waals surface area contributed by atoms with E-state index in [2.05, 4.69) is 15.6 Å². The number of rotatable bonds is 8. The van der Waals surface area contributed by atoms with Crippen LogP contribution in [0.3, 0.4) is 0 Å². The summed E-state index contributed by atoms with van der Waals surface area (Å²) in [6.45, 7) is 1.98. The zero-order valence-electron chi connectivity index (χ0n) is 15.8. The molecule has 0 unspecified atom stereocenters. The van der Waals surface area contributed by atoms with E-state index >= 15 is 0 Å². The van der Waals surface area contributed by atoms with E-state index in [-0.39, 0.29) is 11.8 Å². The van der Waals surface area contributed by atoms with E-state index in [1.165, 1.54) is 11.3 Å². The third-order valence-corrected chi connectivity index (χ3v) is 4.93. The Hall–Kier alpha value is -2.99. The van der Waals surface area contributed by atoms with Crippen molar-refractivity contribution in [3.8, 4) is 11.3 Å². The third-order valence-electron chi connectivity index (χ3n) is 4.18. The Kier molecular flexibility index (Phi) is 6.92. The van der Waals surface area contributed by atoms with Crippen molar-refractivity contribution in [1.82, 2.24) is 4.98 Å². The molecule has 6 heteroatoms. The fraction of sp³-hybridized carbons (Fsp3) is 0.227. The van der Waals surface area contributed by atoms with Gasteiger partial charge in [-0.25, -0.2) is 4.98 Å². The maximum Gasteiger partial charge on any atom is 0.226 e. The highest BCUT2D eigenvalue weighted by Gasteiger charge is 2.09. The molecule has 3 aromatic rings. The Balaban J connectivity index is 1.54. The van der Waals surface area contributed by atoms with Gasteiger partial charge in [0.05, 0.1) is 5.69 Å². The lowest BCUT2D eigenvalue weighted by atomic mass is 10.1. The smallest absolute Gasteiger partial charge is 0.226 e. The Morgan fingerprint density at radius 3 is 2.36 bits per heavy atom. The van der Waals surface area contributed by atoms with Gasteiger partial charge in [-0.3, -0.25) is 9.59 Å². The molecule has 2 aromatic carbocycles. The molecular formula is C22H23N3O2S. The molecule has 0 saturated heterocycles. The van der Waals surface area contributed by atoms with Crippen LogP contribution in [-0.4, -0.2) is 16.8 Å². The zero-order chi connectivity index (χ0) is 19.8. The van der Waals surface area contributed by atoms with E-state index in [1.54, 1.807) is 0 Å². The SMILES string of the molecule is CCCC(=O)Nc1ccc(-c2csc(NC(=O)CCc3ccccc3)n2)cc1. The quantitative estimate of drug-likeness (QED) is 0.558. The number of carbonyl (C=O) groups is 2. The normalized spacial score (nSPS) is 10.5. The highest BCUT2D eigenvalue weighted by molar-refractivity contribution is 7.14. The lowest BCUT2D eigenvalue weighted by Gasteiger charge is -2.05. The van der Waals surface area contributed by atoms with Gasteiger partial charge in [0.1, 0.15) is 0 Å². The lowest BCUT2D eigenvalue weighted by molar-refractivity contribution is -0.117. The highest BCUT2D eigenvalue weighted by atomic mass is 32.1. The molecule has 1 heterocycles. The first-order valence-corrected chi connectivity index (χ1v) is 10.2. The molecule has 0 aliphatic rings. The van der Waals surface area contributed by atoms with Gasteiger partial charge >= 0.3 is 0 Å². The number of carbonyl (C=O) groups excluding carboxylic acids is 2. The van der Waals surface area contributed by atoms with Crippen molar-refractivity contribution in [3.63, 3.8) is 0 Å². The average Bonchev–Trinajstić information content (AvgIpc) is 3.16.